The van der Waals surface area contributed by atoms with Gasteiger partial charge in [0, 0.05) is 18.6 Å². The molecule has 0 fully saturated rings. The Hall–Kier alpha value is -3.36. The molecule has 2 amide bonds. The summed E-state index contributed by atoms with van der Waals surface area (Å²) in [6.07, 6.45) is 0. The molecule has 0 spiro atoms. The summed E-state index contributed by atoms with van der Waals surface area (Å²) in [6, 6.07) is 20.9. The Bertz CT molecular complexity index is 1280. The van der Waals surface area contributed by atoms with Crippen molar-refractivity contribution < 1.29 is 18.0 Å². The second-order valence-corrected chi connectivity index (χ2v) is 10.4. The van der Waals surface area contributed by atoms with Crippen molar-refractivity contribution in [3.8, 4) is 0 Å². The van der Waals surface area contributed by atoms with E-state index in [-0.39, 0.29) is 23.0 Å². The molecular formula is C26H28ClN3O4S. The molecule has 7 nitrogen and oxygen atoms in total. The minimum Gasteiger partial charge on any atom is -0.357 e. The molecule has 9 heteroatoms. The quantitative estimate of drug-likeness (QED) is 0.468. The normalized spacial score (nSPS) is 12.0. The molecule has 0 saturated carbocycles. The Morgan fingerprint density at radius 2 is 1.63 bits per heavy atom. The van der Waals surface area contributed by atoms with Gasteiger partial charge in [0.05, 0.1) is 10.6 Å². The maximum atomic E-state index is 13.6. The molecular weight excluding hydrogens is 486 g/mol. The topological polar surface area (TPSA) is 86.8 Å². The number of rotatable bonds is 9. The van der Waals surface area contributed by atoms with E-state index >= 15 is 0 Å². The van der Waals surface area contributed by atoms with E-state index in [1.54, 1.807) is 43.3 Å². The van der Waals surface area contributed by atoms with Gasteiger partial charge in [0.15, 0.2) is 0 Å². The fourth-order valence-electron chi connectivity index (χ4n) is 3.56. The zero-order valence-corrected chi connectivity index (χ0v) is 21.4. The number of halogens is 1. The van der Waals surface area contributed by atoms with E-state index in [0.29, 0.717) is 5.02 Å². The van der Waals surface area contributed by atoms with E-state index in [9.17, 15) is 18.0 Å². The summed E-state index contributed by atoms with van der Waals surface area (Å²) < 4.78 is 28.2. The van der Waals surface area contributed by atoms with Gasteiger partial charge >= 0.3 is 0 Å². The van der Waals surface area contributed by atoms with Crippen molar-refractivity contribution in [1.29, 1.82) is 0 Å². The molecule has 0 heterocycles. The molecule has 184 valence electrons. The monoisotopic (exact) mass is 513 g/mol. The Balaban J connectivity index is 2.01. The largest absolute Gasteiger partial charge is 0.357 e. The van der Waals surface area contributed by atoms with Gasteiger partial charge in [-0.05, 0) is 49.7 Å². The minimum atomic E-state index is -4.10. The average molecular weight is 514 g/mol. The first-order valence-corrected chi connectivity index (χ1v) is 12.8. The minimum absolute atomic E-state index is 0.0391. The highest BCUT2D eigenvalue weighted by Gasteiger charge is 2.32. The smallest absolute Gasteiger partial charge is 0.264 e. The first kappa shape index (κ1) is 26.2. The molecule has 0 aromatic heterocycles. The molecule has 0 aliphatic carbocycles. The van der Waals surface area contributed by atoms with E-state index in [1.807, 2.05) is 31.2 Å². The van der Waals surface area contributed by atoms with Crippen LogP contribution in [-0.4, -0.2) is 44.8 Å². The number of nitrogens with zero attached hydrogens (tertiary/aromatic N) is 2. The van der Waals surface area contributed by atoms with Crippen LogP contribution in [0.4, 0.5) is 5.69 Å². The summed E-state index contributed by atoms with van der Waals surface area (Å²) in [6.45, 7) is 3.20. The fraction of sp³-hybridized carbons (Fsp3) is 0.231. The maximum Gasteiger partial charge on any atom is 0.264 e. The molecule has 0 radical (unpaired) electrons. The van der Waals surface area contributed by atoms with Gasteiger partial charge in [-0.1, -0.05) is 65.7 Å². The molecule has 0 saturated heterocycles. The van der Waals surface area contributed by atoms with Gasteiger partial charge in [-0.15, -0.1) is 0 Å². The SMILES string of the molecule is CNC(=O)[C@@H](C)N(Cc1ccc(C)cc1)C(=O)CN(c1cccc(Cl)c1)S(=O)(=O)c1ccccc1. The molecule has 3 rings (SSSR count). The zero-order valence-electron chi connectivity index (χ0n) is 19.8. The third kappa shape index (κ3) is 6.41. The molecule has 3 aromatic carbocycles. The Kier molecular flexibility index (Phi) is 8.53. The van der Waals surface area contributed by atoms with Gasteiger partial charge < -0.3 is 10.2 Å². The van der Waals surface area contributed by atoms with Crippen molar-refractivity contribution in [2.45, 2.75) is 31.3 Å². The summed E-state index contributed by atoms with van der Waals surface area (Å²) in [4.78, 5) is 27.5. The lowest BCUT2D eigenvalue weighted by atomic mass is 10.1. The van der Waals surface area contributed by atoms with Crippen molar-refractivity contribution in [2.24, 2.45) is 0 Å². The highest BCUT2D eigenvalue weighted by molar-refractivity contribution is 7.92. The highest BCUT2D eigenvalue weighted by Crippen LogP contribution is 2.26. The predicted octanol–water partition coefficient (Wildman–Crippen LogP) is 4.01. The van der Waals surface area contributed by atoms with E-state index in [0.717, 1.165) is 15.4 Å². The Labute approximate surface area is 211 Å². The number of hydrogen-bond acceptors (Lipinski definition) is 4. The molecule has 3 aromatic rings. The van der Waals surface area contributed by atoms with Crippen molar-refractivity contribution in [1.82, 2.24) is 10.2 Å². The van der Waals surface area contributed by atoms with Crippen LogP contribution >= 0.6 is 11.6 Å². The van der Waals surface area contributed by atoms with Crippen LogP contribution in [0.1, 0.15) is 18.1 Å². The number of benzene rings is 3. The third-order valence-corrected chi connectivity index (χ3v) is 7.62. The lowest BCUT2D eigenvalue weighted by Gasteiger charge is -2.31. The molecule has 1 N–H and O–H groups in total. The van der Waals surface area contributed by atoms with Crippen LogP contribution in [0.2, 0.25) is 5.02 Å². The van der Waals surface area contributed by atoms with Crippen LogP contribution < -0.4 is 9.62 Å². The van der Waals surface area contributed by atoms with Gasteiger partial charge in [0.2, 0.25) is 11.8 Å². The molecule has 0 unspecified atom stereocenters. The lowest BCUT2D eigenvalue weighted by Crippen LogP contribution is -2.50. The van der Waals surface area contributed by atoms with Crippen LogP contribution in [-0.2, 0) is 26.2 Å². The van der Waals surface area contributed by atoms with Crippen molar-refractivity contribution >= 4 is 39.1 Å². The van der Waals surface area contributed by atoms with Crippen LogP contribution in [0.5, 0.6) is 0 Å². The van der Waals surface area contributed by atoms with Crippen molar-refractivity contribution in [3.63, 3.8) is 0 Å². The number of anilines is 1. The molecule has 0 aliphatic heterocycles. The van der Waals surface area contributed by atoms with Gasteiger partial charge in [0.1, 0.15) is 12.6 Å². The molecule has 35 heavy (non-hydrogen) atoms. The lowest BCUT2D eigenvalue weighted by molar-refractivity contribution is -0.139. The van der Waals surface area contributed by atoms with Gasteiger partial charge in [-0.2, -0.15) is 0 Å². The first-order chi connectivity index (χ1) is 16.6. The number of amides is 2. The number of nitrogens with one attached hydrogen (secondary N) is 1. The third-order valence-electron chi connectivity index (χ3n) is 5.59. The number of sulfonamides is 1. The maximum absolute atomic E-state index is 13.6. The zero-order chi connectivity index (χ0) is 25.6. The van der Waals surface area contributed by atoms with Crippen LogP contribution in [0, 0.1) is 6.92 Å². The molecule has 1 atom stereocenters. The number of carbonyl (C=O) groups excluding carboxylic acids is 2. The second kappa shape index (κ2) is 11.4. The van der Waals surface area contributed by atoms with Gasteiger partial charge in [0.25, 0.3) is 10.0 Å². The Morgan fingerprint density at radius 3 is 2.23 bits per heavy atom. The van der Waals surface area contributed by atoms with Crippen LogP contribution in [0.15, 0.2) is 83.8 Å². The summed E-state index contributed by atoms with van der Waals surface area (Å²) in [5.74, 6) is -0.883. The summed E-state index contributed by atoms with van der Waals surface area (Å²) in [7, 11) is -2.61. The molecule has 0 aliphatic rings. The second-order valence-electron chi connectivity index (χ2n) is 8.10. The summed E-state index contributed by atoms with van der Waals surface area (Å²) in [5, 5.41) is 2.89. The standard InChI is InChI=1S/C26H28ClN3O4S/c1-19-12-14-21(15-13-19)17-29(20(2)26(32)28-3)25(31)18-30(23-9-7-8-22(27)16-23)35(33,34)24-10-5-4-6-11-24/h4-16,20H,17-18H2,1-3H3,(H,28,32)/t20-/m1/s1. The van der Waals surface area contributed by atoms with Crippen molar-refractivity contribution in [3.05, 3.63) is 95.0 Å². The van der Waals surface area contributed by atoms with E-state index in [4.69, 9.17) is 11.6 Å². The summed E-state index contributed by atoms with van der Waals surface area (Å²) >= 11 is 6.15. The fourth-order valence-corrected chi connectivity index (χ4v) is 5.17. The Morgan fingerprint density at radius 1 is 0.971 bits per heavy atom. The van der Waals surface area contributed by atoms with E-state index in [1.165, 1.54) is 30.1 Å². The van der Waals surface area contributed by atoms with Gasteiger partial charge in [-0.3, -0.25) is 13.9 Å². The number of carbonyl (C=O) groups is 2. The summed E-state index contributed by atoms with van der Waals surface area (Å²) in [5.41, 5.74) is 2.13. The van der Waals surface area contributed by atoms with Gasteiger partial charge in [-0.25, -0.2) is 8.42 Å². The van der Waals surface area contributed by atoms with Crippen LogP contribution in [0.25, 0.3) is 0 Å². The molecule has 0 bridgehead atoms. The number of likely N-dealkylation sites (N-methyl/N-ethyl adjacent to an activating group) is 1. The average Bonchev–Trinajstić information content (AvgIpc) is 2.86. The predicted molar refractivity (Wildman–Crippen MR) is 138 cm³/mol. The highest BCUT2D eigenvalue weighted by atomic mass is 35.5. The van der Waals surface area contributed by atoms with Crippen LogP contribution in [0.3, 0.4) is 0 Å². The van der Waals surface area contributed by atoms with E-state index < -0.39 is 28.5 Å². The van der Waals surface area contributed by atoms with E-state index in [2.05, 4.69) is 5.32 Å². The number of hydrogen-bond donors (Lipinski definition) is 1. The first-order valence-electron chi connectivity index (χ1n) is 11.0. The van der Waals surface area contributed by atoms with Crippen molar-refractivity contribution in [2.75, 3.05) is 17.9 Å². The number of aryl methyl sites for hydroxylation is 1.